The van der Waals surface area contributed by atoms with Gasteiger partial charge in [-0.15, -0.1) is 11.3 Å². The third kappa shape index (κ3) is 5.82. The molecule has 7 heteroatoms. The average molecular weight is 473 g/mol. The summed E-state index contributed by atoms with van der Waals surface area (Å²) in [7, 11) is 0. The number of carbonyl (C=O) groups is 1. The lowest BCUT2D eigenvalue weighted by atomic mass is 10.0. The third-order valence-corrected chi connectivity index (χ3v) is 8.09. The van der Waals surface area contributed by atoms with Crippen molar-refractivity contribution < 1.29 is 9.90 Å². The van der Waals surface area contributed by atoms with E-state index in [1.807, 2.05) is 53.5 Å². The van der Waals surface area contributed by atoms with Crippen molar-refractivity contribution >= 4 is 46.7 Å². The Morgan fingerprint density at radius 3 is 2.74 bits per heavy atom. The maximum absolute atomic E-state index is 12.0. The van der Waals surface area contributed by atoms with Crippen LogP contribution in [0.15, 0.2) is 58.7 Å². The van der Waals surface area contributed by atoms with Crippen LogP contribution in [0.3, 0.4) is 0 Å². The molecular weight excluding hydrogens is 448 g/mol. The van der Waals surface area contributed by atoms with Gasteiger partial charge in [0, 0.05) is 27.1 Å². The lowest BCUT2D eigenvalue weighted by Crippen LogP contribution is -2.11. The number of carboxylic acid groups (broad SMARTS) is 1. The minimum atomic E-state index is -0.902. The van der Waals surface area contributed by atoms with Crippen molar-refractivity contribution in [1.82, 2.24) is 9.55 Å². The maximum atomic E-state index is 12.0. The second kappa shape index (κ2) is 10.5. The Hall–Kier alpha value is -2.02. The zero-order valence-electron chi connectivity index (χ0n) is 17.2. The van der Waals surface area contributed by atoms with Crippen molar-refractivity contribution in [2.24, 2.45) is 0 Å². The van der Waals surface area contributed by atoms with Crippen molar-refractivity contribution in [3.8, 4) is 0 Å². The Labute approximate surface area is 196 Å². The highest BCUT2D eigenvalue weighted by Gasteiger charge is 2.20. The average Bonchev–Trinajstić information content (AvgIpc) is 3.41. The number of halogens is 1. The van der Waals surface area contributed by atoms with Gasteiger partial charge in [0.05, 0.1) is 18.4 Å². The fourth-order valence-corrected chi connectivity index (χ4v) is 6.04. The van der Waals surface area contributed by atoms with E-state index < -0.39 is 5.97 Å². The van der Waals surface area contributed by atoms with Crippen molar-refractivity contribution in [2.75, 3.05) is 0 Å². The minimum absolute atomic E-state index is 0.358. The predicted molar refractivity (Wildman–Crippen MR) is 129 cm³/mol. The second-order valence-electron chi connectivity index (χ2n) is 7.75. The molecule has 4 nitrogen and oxygen atoms in total. The smallest absolute Gasteiger partial charge is 0.332 e. The molecule has 0 aliphatic heterocycles. The highest BCUT2D eigenvalue weighted by Crippen LogP contribution is 2.34. The molecule has 31 heavy (non-hydrogen) atoms. The summed E-state index contributed by atoms with van der Waals surface area (Å²) < 4.78 is 2.11. The van der Waals surface area contributed by atoms with E-state index in [0.717, 1.165) is 21.3 Å². The van der Waals surface area contributed by atoms with E-state index in [-0.39, 0.29) is 0 Å². The molecular formula is C24H25ClN2O2S2. The monoisotopic (exact) mass is 472 g/mol. The summed E-state index contributed by atoms with van der Waals surface area (Å²) in [6.07, 6.45) is 10.2. The fraction of sp³-hybridized carbons (Fsp3) is 0.333. The highest BCUT2D eigenvalue weighted by molar-refractivity contribution is 7.99. The fourth-order valence-electron chi connectivity index (χ4n) is 3.84. The van der Waals surface area contributed by atoms with Gasteiger partial charge in [-0.05, 0) is 42.0 Å². The van der Waals surface area contributed by atoms with E-state index >= 15 is 0 Å². The predicted octanol–water partition coefficient (Wildman–Crippen LogP) is 6.78. The van der Waals surface area contributed by atoms with E-state index in [4.69, 9.17) is 16.6 Å². The van der Waals surface area contributed by atoms with Gasteiger partial charge < -0.3 is 9.67 Å². The summed E-state index contributed by atoms with van der Waals surface area (Å²) in [5.41, 5.74) is 2.15. The van der Waals surface area contributed by atoms with Gasteiger partial charge in [-0.1, -0.05) is 66.9 Å². The van der Waals surface area contributed by atoms with Crippen LogP contribution >= 0.6 is 34.7 Å². The summed E-state index contributed by atoms with van der Waals surface area (Å²) >= 11 is 9.82. The molecule has 0 amide bonds. The standard InChI is InChI=1S/C24H25ClN2O2S2/c25-22-11-5-4-7-17(22)16-27-19(13-18(23(28)29)14-21-10-6-12-30-21)15-26-24(27)31-20-8-2-1-3-9-20/h4-7,10-13,15,20H,1-3,8-9,14,16H2,(H,28,29)/b18-13+. The second-order valence-corrected chi connectivity index (χ2v) is 10.5. The summed E-state index contributed by atoms with van der Waals surface area (Å²) in [5, 5.41) is 14.0. The molecule has 0 atom stereocenters. The van der Waals surface area contributed by atoms with Crippen LogP contribution in [0.25, 0.3) is 6.08 Å². The van der Waals surface area contributed by atoms with Gasteiger partial charge in [0.2, 0.25) is 0 Å². The molecule has 1 aliphatic rings. The number of benzene rings is 1. The van der Waals surface area contributed by atoms with Gasteiger partial charge in [-0.3, -0.25) is 0 Å². The molecule has 1 aromatic carbocycles. The lowest BCUT2D eigenvalue weighted by molar-refractivity contribution is -0.132. The Bertz CT molecular complexity index is 1050. The summed E-state index contributed by atoms with van der Waals surface area (Å²) in [5.74, 6) is -0.902. The molecule has 1 saturated carbocycles. The molecule has 1 N–H and O–H groups in total. The van der Waals surface area contributed by atoms with Gasteiger partial charge in [-0.25, -0.2) is 9.78 Å². The van der Waals surface area contributed by atoms with Crippen LogP contribution in [-0.2, 0) is 17.8 Å². The van der Waals surface area contributed by atoms with E-state index in [2.05, 4.69) is 4.57 Å². The van der Waals surface area contributed by atoms with E-state index in [1.54, 1.807) is 23.6 Å². The van der Waals surface area contributed by atoms with Gasteiger partial charge in [0.1, 0.15) is 0 Å². The molecule has 2 aromatic heterocycles. The first-order chi connectivity index (χ1) is 15.1. The van der Waals surface area contributed by atoms with E-state index in [0.29, 0.717) is 28.8 Å². The molecule has 2 heterocycles. The Morgan fingerprint density at radius 2 is 2.03 bits per heavy atom. The van der Waals surface area contributed by atoms with E-state index in [9.17, 15) is 9.90 Å². The first-order valence-corrected chi connectivity index (χ1v) is 12.7. The quantitative estimate of drug-likeness (QED) is 0.367. The molecule has 1 fully saturated rings. The Morgan fingerprint density at radius 1 is 1.23 bits per heavy atom. The number of rotatable bonds is 8. The molecule has 162 valence electrons. The van der Waals surface area contributed by atoms with Crippen LogP contribution in [0.1, 0.15) is 48.2 Å². The van der Waals surface area contributed by atoms with Crippen molar-refractivity contribution in [3.05, 3.63) is 74.7 Å². The van der Waals surface area contributed by atoms with Crippen molar-refractivity contribution in [1.29, 1.82) is 0 Å². The molecule has 1 aliphatic carbocycles. The Balaban J connectivity index is 1.68. The Kier molecular flexibility index (Phi) is 7.54. The number of thioether (sulfide) groups is 1. The number of nitrogens with zero attached hydrogens (tertiary/aromatic N) is 2. The first-order valence-electron chi connectivity index (χ1n) is 10.5. The van der Waals surface area contributed by atoms with Crippen LogP contribution < -0.4 is 0 Å². The molecule has 0 bridgehead atoms. The molecule has 0 unspecified atom stereocenters. The number of hydrogen-bond acceptors (Lipinski definition) is 4. The molecule has 0 spiro atoms. The lowest BCUT2D eigenvalue weighted by Gasteiger charge is -2.21. The number of imidazole rings is 1. The number of carboxylic acids is 1. The van der Waals surface area contributed by atoms with Crippen molar-refractivity contribution in [2.45, 2.75) is 55.5 Å². The zero-order chi connectivity index (χ0) is 21.6. The van der Waals surface area contributed by atoms with Gasteiger partial charge in [0.15, 0.2) is 5.16 Å². The van der Waals surface area contributed by atoms with Crippen LogP contribution in [0.2, 0.25) is 5.02 Å². The van der Waals surface area contributed by atoms with Crippen LogP contribution in [0.4, 0.5) is 0 Å². The number of thiophene rings is 1. The highest BCUT2D eigenvalue weighted by atomic mass is 35.5. The number of hydrogen-bond donors (Lipinski definition) is 1. The first kappa shape index (κ1) is 22.2. The third-order valence-electron chi connectivity index (χ3n) is 5.50. The molecule has 0 saturated heterocycles. The van der Waals surface area contributed by atoms with Crippen molar-refractivity contribution in [3.63, 3.8) is 0 Å². The van der Waals surface area contributed by atoms with Gasteiger partial charge >= 0.3 is 5.97 Å². The summed E-state index contributed by atoms with van der Waals surface area (Å²) in [6, 6.07) is 11.7. The SMILES string of the molecule is O=C(O)/C(=C/c1cnc(SC2CCCCC2)n1Cc1ccccc1Cl)Cc1cccs1. The van der Waals surface area contributed by atoms with E-state index in [1.165, 1.54) is 32.1 Å². The van der Waals surface area contributed by atoms with Crippen LogP contribution in [0, 0.1) is 0 Å². The van der Waals surface area contributed by atoms with Crippen LogP contribution in [0.5, 0.6) is 0 Å². The largest absolute Gasteiger partial charge is 0.478 e. The molecule has 4 rings (SSSR count). The molecule has 3 aromatic rings. The number of aliphatic carboxylic acids is 1. The summed E-state index contributed by atoms with van der Waals surface area (Å²) in [4.78, 5) is 17.7. The number of aromatic nitrogens is 2. The van der Waals surface area contributed by atoms with Crippen LogP contribution in [-0.4, -0.2) is 25.9 Å². The van der Waals surface area contributed by atoms with Gasteiger partial charge in [-0.2, -0.15) is 0 Å². The summed E-state index contributed by atoms with van der Waals surface area (Å²) in [6.45, 7) is 0.562. The minimum Gasteiger partial charge on any atom is -0.478 e. The maximum Gasteiger partial charge on any atom is 0.332 e. The van der Waals surface area contributed by atoms with Gasteiger partial charge in [0.25, 0.3) is 0 Å². The zero-order valence-corrected chi connectivity index (χ0v) is 19.6. The normalized spacial score (nSPS) is 15.3. The molecule has 0 radical (unpaired) electrons. The topological polar surface area (TPSA) is 55.1 Å².